The Kier molecular flexibility index (Phi) is 4.28. The van der Waals surface area contributed by atoms with Gasteiger partial charge in [0.05, 0.1) is 5.02 Å². The smallest absolute Gasteiger partial charge is 0.274 e. The molecule has 7 heteroatoms. The van der Waals surface area contributed by atoms with Crippen molar-refractivity contribution in [1.29, 1.82) is 0 Å². The Balaban J connectivity index is 1.69. The SMILES string of the molecule is Cn1cc(Cl)cc1C(=O)Nc1ncc(C2CCNCC2)s1. The number of rotatable bonds is 3. The maximum Gasteiger partial charge on any atom is 0.274 e. The molecule has 1 saturated heterocycles. The third-order valence-corrected chi connectivity index (χ3v) is 4.97. The molecular weight excluding hydrogens is 308 g/mol. The minimum Gasteiger partial charge on any atom is -0.345 e. The zero-order valence-electron chi connectivity index (χ0n) is 11.7. The highest BCUT2D eigenvalue weighted by atomic mass is 35.5. The van der Waals surface area contributed by atoms with Crippen LogP contribution >= 0.6 is 22.9 Å². The van der Waals surface area contributed by atoms with Gasteiger partial charge < -0.3 is 9.88 Å². The third-order valence-electron chi connectivity index (χ3n) is 3.69. The topological polar surface area (TPSA) is 59.0 Å². The average Bonchev–Trinajstić information content (AvgIpc) is 3.06. The summed E-state index contributed by atoms with van der Waals surface area (Å²) < 4.78 is 1.71. The number of aromatic nitrogens is 2. The summed E-state index contributed by atoms with van der Waals surface area (Å²) in [6.45, 7) is 2.10. The first-order chi connectivity index (χ1) is 10.1. The number of nitrogens with one attached hydrogen (secondary N) is 2. The van der Waals surface area contributed by atoms with Crippen molar-refractivity contribution in [2.24, 2.45) is 7.05 Å². The average molecular weight is 325 g/mol. The predicted octanol–water partition coefficient (Wildman–Crippen LogP) is 2.85. The van der Waals surface area contributed by atoms with Crippen LogP contribution in [0.2, 0.25) is 5.02 Å². The van der Waals surface area contributed by atoms with Gasteiger partial charge in [0.15, 0.2) is 5.13 Å². The van der Waals surface area contributed by atoms with Crippen molar-refractivity contribution in [3.05, 3.63) is 34.1 Å². The summed E-state index contributed by atoms with van der Waals surface area (Å²) in [5, 5.41) is 7.40. The molecule has 1 amide bonds. The second-order valence-electron chi connectivity index (χ2n) is 5.20. The summed E-state index contributed by atoms with van der Waals surface area (Å²) in [6, 6.07) is 1.65. The second-order valence-corrected chi connectivity index (χ2v) is 6.70. The van der Waals surface area contributed by atoms with Crippen molar-refractivity contribution in [3.63, 3.8) is 0 Å². The molecule has 0 aliphatic carbocycles. The number of carbonyl (C=O) groups excluding carboxylic acids is 1. The maximum atomic E-state index is 12.2. The van der Waals surface area contributed by atoms with Gasteiger partial charge in [-0.3, -0.25) is 10.1 Å². The molecule has 3 rings (SSSR count). The summed E-state index contributed by atoms with van der Waals surface area (Å²) in [6.07, 6.45) is 5.85. The van der Waals surface area contributed by atoms with Crippen LogP contribution in [0.3, 0.4) is 0 Å². The van der Waals surface area contributed by atoms with Gasteiger partial charge in [-0.2, -0.15) is 0 Å². The van der Waals surface area contributed by atoms with Crippen LogP contribution in [0, 0.1) is 0 Å². The number of anilines is 1. The van der Waals surface area contributed by atoms with Gasteiger partial charge in [0.25, 0.3) is 5.91 Å². The highest BCUT2D eigenvalue weighted by Gasteiger charge is 2.19. The standard InChI is InChI=1S/C14H17ClN4OS/c1-19-8-10(15)6-11(19)13(20)18-14-17-7-12(21-14)9-2-4-16-5-3-9/h6-9,16H,2-5H2,1H3,(H,17,18,20). The van der Waals surface area contributed by atoms with E-state index in [4.69, 9.17) is 11.6 Å². The number of aryl methyl sites for hydroxylation is 1. The van der Waals surface area contributed by atoms with Crippen LogP contribution < -0.4 is 10.6 Å². The molecule has 2 N–H and O–H groups in total. The number of nitrogens with zero attached hydrogens (tertiary/aromatic N) is 2. The van der Waals surface area contributed by atoms with E-state index in [0.717, 1.165) is 25.9 Å². The van der Waals surface area contributed by atoms with Crippen molar-refractivity contribution < 1.29 is 4.79 Å². The fraction of sp³-hybridized carbons (Fsp3) is 0.429. The number of piperidine rings is 1. The van der Waals surface area contributed by atoms with E-state index in [1.165, 1.54) is 4.88 Å². The van der Waals surface area contributed by atoms with Gasteiger partial charge in [-0.25, -0.2) is 4.98 Å². The molecule has 0 atom stereocenters. The zero-order valence-corrected chi connectivity index (χ0v) is 13.3. The molecule has 0 unspecified atom stereocenters. The Labute approximate surface area is 132 Å². The van der Waals surface area contributed by atoms with E-state index in [2.05, 4.69) is 15.6 Å². The maximum absolute atomic E-state index is 12.2. The number of halogens is 1. The Hall–Kier alpha value is -1.37. The lowest BCUT2D eigenvalue weighted by Gasteiger charge is -2.20. The van der Waals surface area contributed by atoms with Gasteiger partial charge in [0, 0.05) is 24.3 Å². The van der Waals surface area contributed by atoms with Crippen molar-refractivity contribution >= 4 is 34.0 Å². The Morgan fingerprint density at radius 1 is 1.52 bits per heavy atom. The highest BCUT2D eigenvalue weighted by molar-refractivity contribution is 7.15. The van der Waals surface area contributed by atoms with Gasteiger partial charge in [0.2, 0.25) is 0 Å². The van der Waals surface area contributed by atoms with Crippen molar-refractivity contribution in [2.45, 2.75) is 18.8 Å². The van der Waals surface area contributed by atoms with Gasteiger partial charge in [-0.1, -0.05) is 11.6 Å². The lowest BCUT2D eigenvalue weighted by molar-refractivity contribution is 0.101. The van der Waals surface area contributed by atoms with Crippen LogP contribution in [0.5, 0.6) is 0 Å². The summed E-state index contributed by atoms with van der Waals surface area (Å²) in [7, 11) is 1.79. The van der Waals surface area contributed by atoms with Gasteiger partial charge >= 0.3 is 0 Å². The quantitative estimate of drug-likeness (QED) is 0.912. The Morgan fingerprint density at radius 2 is 2.29 bits per heavy atom. The first-order valence-corrected chi connectivity index (χ1v) is 8.12. The molecule has 112 valence electrons. The lowest BCUT2D eigenvalue weighted by atomic mass is 9.97. The normalized spacial score (nSPS) is 16.1. The molecule has 0 bridgehead atoms. The fourth-order valence-electron chi connectivity index (χ4n) is 2.55. The summed E-state index contributed by atoms with van der Waals surface area (Å²) >= 11 is 7.46. The van der Waals surface area contributed by atoms with Gasteiger partial charge in [0.1, 0.15) is 5.69 Å². The predicted molar refractivity (Wildman–Crippen MR) is 85.3 cm³/mol. The third kappa shape index (κ3) is 3.28. The molecule has 2 aromatic heterocycles. The first kappa shape index (κ1) is 14.6. The van der Waals surface area contributed by atoms with E-state index >= 15 is 0 Å². The molecule has 3 heterocycles. The molecule has 1 fully saturated rings. The van der Waals surface area contributed by atoms with Crippen molar-refractivity contribution in [3.8, 4) is 0 Å². The molecule has 21 heavy (non-hydrogen) atoms. The van der Waals surface area contributed by atoms with E-state index < -0.39 is 0 Å². The summed E-state index contributed by atoms with van der Waals surface area (Å²) in [4.78, 5) is 17.8. The molecule has 0 radical (unpaired) electrons. The van der Waals surface area contributed by atoms with E-state index in [9.17, 15) is 4.79 Å². The molecule has 0 aromatic carbocycles. The Bertz CT molecular complexity index is 645. The highest BCUT2D eigenvalue weighted by Crippen LogP contribution is 2.31. The number of thiazole rings is 1. The lowest BCUT2D eigenvalue weighted by Crippen LogP contribution is -2.26. The summed E-state index contributed by atoms with van der Waals surface area (Å²) in [5.41, 5.74) is 0.526. The molecule has 2 aromatic rings. The van der Waals surface area contributed by atoms with E-state index in [1.807, 2.05) is 6.20 Å². The molecule has 5 nitrogen and oxygen atoms in total. The molecule has 1 aliphatic rings. The summed E-state index contributed by atoms with van der Waals surface area (Å²) in [5.74, 6) is 0.370. The molecular formula is C14H17ClN4OS. The fourth-order valence-corrected chi connectivity index (χ4v) is 3.78. The minimum absolute atomic E-state index is 0.185. The van der Waals surface area contributed by atoms with Crippen molar-refractivity contribution in [1.82, 2.24) is 14.9 Å². The number of amides is 1. The van der Waals surface area contributed by atoms with Crippen LogP contribution in [0.15, 0.2) is 18.5 Å². The van der Waals surface area contributed by atoms with Gasteiger partial charge in [-0.15, -0.1) is 11.3 Å². The van der Waals surface area contributed by atoms with Crippen molar-refractivity contribution in [2.75, 3.05) is 18.4 Å². The number of hydrogen-bond donors (Lipinski definition) is 2. The second kappa shape index (κ2) is 6.17. The van der Waals surface area contributed by atoms with Crippen LogP contribution in [0.25, 0.3) is 0 Å². The minimum atomic E-state index is -0.185. The van der Waals surface area contributed by atoms with E-state index in [0.29, 0.717) is 21.8 Å². The van der Waals surface area contributed by atoms with E-state index in [1.54, 1.807) is 35.2 Å². The molecule has 1 aliphatic heterocycles. The number of hydrogen-bond acceptors (Lipinski definition) is 4. The monoisotopic (exact) mass is 324 g/mol. The molecule has 0 saturated carbocycles. The number of carbonyl (C=O) groups is 1. The van der Waals surface area contributed by atoms with Crippen LogP contribution in [0.4, 0.5) is 5.13 Å². The van der Waals surface area contributed by atoms with Crippen LogP contribution in [0.1, 0.15) is 34.1 Å². The van der Waals surface area contributed by atoms with Crippen LogP contribution in [-0.2, 0) is 7.05 Å². The zero-order chi connectivity index (χ0) is 14.8. The van der Waals surface area contributed by atoms with Crippen LogP contribution in [-0.4, -0.2) is 28.5 Å². The largest absolute Gasteiger partial charge is 0.345 e. The first-order valence-electron chi connectivity index (χ1n) is 6.93. The van der Waals surface area contributed by atoms with E-state index in [-0.39, 0.29) is 5.91 Å². The van der Waals surface area contributed by atoms with Gasteiger partial charge in [-0.05, 0) is 37.9 Å². The molecule has 0 spiro atoms. The Morgan fingerprint density at radius 3 is 2.95 bits per heavy atom.